The first-order chi connectivity index (χ1) is 10.3. The molecule has 4 nitrogen and oxygen atoms in total. The lowest BCUT2D eigenvalue weighted by atomic mass is 10.2. The van der Waals surface area contributed by atoms with E-state index in [1.165, 1.54) is 11.3 Å². The Morgan fingerprint density at radius 3 is 2.67 bits per heavy atom. The van der Waals surface area contributed by atoms with Crippen LogP contribution in [0.1, 0.15) is 0 Å². The van der Waals surface area contributed by atoms with Crippen molar-refractivity contribution in [2.24, 2.45) is 0 Å². The molecule has 0 spiro atoms. The Labute approximate surface area is 134 Å². The number of ether oxygens (including phenoxy) is 2. The van der Waals surface area contributed by atoms with E-state index in [1.54, 1.807) is 23.7 Å². The van der Waals surface area contributed by atoms with Gasteiger partial charge in [-0.25, -0.2) is 4.98 Å². The second-order valence-electron chi connectivity index (χ2n) is 4.33. The largest absolute Gasteiger partial charge is 0.484 e. The molecule has 106 valence electrons. The van der Waals surface area contributed by atoms with Crippen molar-refractivity contribution in [3.63, 3.8) is 0 Å². The summed E-state index contributed by atoms with van der Waals surface area (Å²) >= 11 is 9.23. The van der Waals surface area contributed by atoms with Gasteiger partial charge in [0.2, 0.25) is 0 Å². The molecule has 0 saturated carbocycles. The van der Waals surface area contributed by atoms with E-state index in [0.717, 1.165) is 21.1 Å². The number of aromatic nitrogens is 2. The maximum Gasteiger partial charge on any atom is 0.191 e. The fourth-order valence-corrected chi connectivity index (χ4v) is 4.29. The Morgan fingerprint density at radius 2 is 1.86 bits per heavy atom. The van der Waals surface area contributed by atoms with E-state index in [4.69, 9.17) is 21.1 Å². The number of nitrogens with zero attached hydrogens (tertiary/aromatic N) is 2. The number of hydrogen-bond donors (Lipinski definition) is 0. The highest BCUT2D eigenvalue weighted by atomic mass is 35.5. The molecule has 4 rings (SSSR count). The van der Waals surface area contributed by atoms with Crippen molar-refractivity contribution in [3.05, 3.63) is 34.2 Å². The first-order valence-corrected chi connectivity index (χ1v) is 8.34. The van der Waals surface area contributed by atoms with Crippen molar-refractivity contribution < 1.29 is 9.47 Å². The van der Waals surface area contributed by atoms with Gasteiger partial charge in [-0.3, -0.25) is 4.98 Å². The minimum atomic E-state index is 0.531. The summed E-state index contributed by atoms with van der Waals surface area (Å²) in [5.74, 6) is 1.36. The number of rotatable bonds is 2. The number of hydrogen-bond acceptors (Lipinski definition) is 6. The molecule has 0 atom stereocenters. The van der Waals surface area contributed by atoms with Gasteiger partial charge >= 0.3 is 0 Å². The van der Waals surface area contributed by atoms with Crippen molar-refractivity contribution in [1.82, 2.24) is 9.97 Å². The van der Waals surface area contributed by atoms with Crippen LogP contribution in [0.15, 0.2) is 29.9 Å². The minimum Gasteiger partial charge on any atom is -0.484 e. The standard InChI is InChI=1S/C14H9ClN2O2S2/c15-13-11-10(18-5-6-19-11)12(21-13)14-17-9(7-20-14)8-1-3-16-4-2-8/h1-4,7H,5-6H2. The summed E-state index contributed by atoms with van der Waals surface area (Å²) in [5.41, 5.74) is 1.97. The van der Waals surface area contributed by atoms with Gasteiger partial charge in [0.1, 0.15) is 27.4 Å². The maximum atomic E-state index is 6.22. The monoisotopic (exact) mass is 336 g/mol. The second kappa shape index (κ2) is 5.29. The Morgan fingerprint density at radius 1 is 1.10 bits per heavy atom. The van der Waals surface area contributed by atoms with Gasteiger partial charge in [0.25, 0.3) is 0 Å². The van der Waals surface area contributed by atoms with E-state index in [1.807, 2.05) is 17.5 Å². The zero-order valence-electron chi connectivity index (χ0n) is 10.7. The Balaban J connectivity index is 1.77. The molecule has 1 aliphatic heterocycles. The molecular formula is C14H9ClN2O2S2. The molecule has 0 saturated heterocycles. The maximum absolute atomic E-state index is 6.22. The molecule has 3 aromatic rings. The van der Waals surface area contributed by atoms with Gasteiger partial charge in [0.05, 0.1) is 5.69 Å². The zero-order chi connectivity index (χ0) is 14.2. The van der Waals surface area contributed by atoms with Gasteiger partial charge in [-0.1, -0.05) is 11.6 Å². The van der Waals surface area contributed by atoms with E-state index in [9.17, 15) is 0 Å². The molecule has 0 fully saturated rings. The number of pyridine rings is 1. The molecule has 0 bridgehead atoms. The Hall–Kier alpha value is -1.63. The molecule has 0 radical (unpaired) electrons. The summed E-state index contributed by atoms with van der Waals surface area (Å²) in [6.07, 6.45) is 3.52. The van der Waals surface area contributed by atoms with Crippen LogP contribution in [0.4, 0.5) is 0 Å². The lowest BCUT2D eigenvalue weighted by Gasteiger charge is -2.15. The van der Waals surface area contributed by atoms with Crippen LogP contribution in [-0.4, -0.2) is 23.2 Å². The summed E-state index contributed by atoms with van der Waals surface area (Å²) in [6.45, 7) is 1.07. The molecule has 0 N–H and O–H groups in total. The summed E-state index contributed by atoms with van der Waals surface area (Å²) in [6, 6.07) is 3.88. The number of thiazole rings is 1. The van der Waals surface area contributed by atoms with Gasteiger partial charge in [-0.05, 0) is 12.1 Å². The third-order valence-corrected chi connectivity index (χ3v) is 5.37. The van der Waals surface area contributed by atoms with Crippen LogP contribution >= 0.6 is 34.3 Å². The number of thiophene rings is 1. The highest BCUT2D eigenvalue weighted by molar-refractivity contribution is 7.24. The van der Waals surface area contributed by atoms with E-state index in [0.29, 0.717) is 29.0 Å². The van der Waals surface area contributed by atoms with Crippen LogP contribution in [0.25, 0.3) is 21.1 Å². The van der Waals surface area contributed by atoms with Gasteiger partial charge in [-0.15, -0.1) is 22.7 Å². The summed E-state index contributed by atoms with van der Waals surface area (Å²) < 4.78 is 11.9. The van der Waals surface area contributed by atoms with Crippen LogP contribution in [0.5, 0.6) is 11.5 Å². The van der Waals surface area contributed by atoms with E-state index in [-0.39, 0.29) is 0 Å². The van der Waals surface area contributed by atoms with E-state index in [2.05, 4.69) is 9.97 Å². The fraction of sp³-hybridized carbons (Fsp3) is 0.143. The average Bonchev–Trinajstić information content (AvgIpc) is 3.14. The third-order valence-electron chi connectivity index (χ3n) is 3.03. The van der Waals surface area contributed by atoms with Crippen LogP contribution in [-0.2, 0) is 0 Å². The molecular weight excluding hydrogens is 328 g/mol. The van der Waals surface area contributed by atoms with Crippen LogP contribution in [0, 0.1) is 0 Å². The van der Waals surface area contributed by atoms with E-state index < -0.39 is 0 Å². The third kappa shape index (κ3) is 2.29. The van der Waals surface area contributed by atoms with Gasteiger partial charge in [-0.2, -0.15) is 0 Å². The van der Waals surface area contributed by atoms with Gasteiger partial charge < -0.3 is 9.47 Å². The van der Waals surface area contributed by atoms with Crippen LogP contribution < -0.4 is 9.47 Å². The zero-order valence-corrected chi connectivity index (χ0v) is 13.1. The van der Waals surface area contributed by atoms with Crippen LogP contribution in [0.3, 0.4) is 0 Å². The normalized spacial score (nSPS) is 13.4. The quantitative estimate of drug-likeness (QED) is 0.697. The smallest absolute Gasteiger partial charge is 0.191 e. The molecule has 1 aliphatic rings. The first-order valence-electron chi connectivity index (χ1n) is 6.27. The average molecular weight is 337 g/mol. The van der Waals surface area contributed by atoms with Crippen molar-refractivity contribution in [3.8, 4) is 32.6 Å². The molecule has 3 aromatic heterocycles. The SMILES string of the molecule is Clc1sc(-c2nc(-c3ccncc3)cs2)c2c1OCCO2. The molecule has 4 heterocycles. The van der Waals surface area contributed by atoms with Crippen LogP contribution in [0.2, 0.25) is 4.34 Å². The number of halogens is 1. The molecule has 7 heteroatoms. The molecule has 0 aromatic carbocycles. The van der Waals surface area contributed by atoms with Crippen molar-refractivity contribution >= 4 is 34.3 Å². The summed E-state index contributed by atoms with van der Waals surface area (Å²) in [4.78, 5) is 9.63. The number of fused-ring (bicyclic) bond motifs is 1. The molecule has 0 unspecified atom stereocenters. The summed E-state index contributed by atoms with van der Waals surface area (Å²) in [7, 11) is 0. The predicted molar refractivity (Wildman–Crippen MR) is 84.7 cm³/mol. The minimum absolute atomic E-state index is 0.531. The fourth-order valence-electron chi connectivity index (χ4n) is 2.09. The predicted octanol–water partition coefficient (Wildman–Crippen LogP) is 4.36. The topological polar surface area (TPSA) is 44.2 Å². The molecule has 0 amide bonds. The lowest BCUT2D eigenvalue weighted by molar-refractivity contribution is 0.174. The Bertz CT molecular complexity index is 786. The first kappa shape index (κ1) is 13.1. The highest BCUT2D eigenvalue weighted by Crippen LogP contribution is 2.52. The lowest BCUT2D eigenvalue weighted by Crippen LogP contribution is -2.14. The van der Waals surface area contributed by atoms with Crippen molar-refractivity contribution in [2.45, 2.75) is 0 Å². The Kier molecular flexibility index (Phi) is 3.29. The molecule has 0 aliphatic carbocycles. The van der Waals surface area contributed by atoms with Crippen molar-refractivity contribution in [2.75, 3.05) is 13.2 Å². The second-order valence-corrected chi connectivity index (χ2v) is 6.81. The van der Waals surface area contributed by atoms with Gasteiger partial charge in [0.15, 0.2) is 11.5 Å². The summed E-state index contributed by atoms with van der Waals surface area (Å²) in [5, 5.41) is 2.91. The van der Waals surface area contributed by atoms with Crippen molar-refractivity contribution in [1.29, 1.82) is 0 Å². The molecule has 21 heavy (non-hydrogen) atoms. The van der Waals surface area contributed by atoms with Gasteiger partial charge in [0, 0.05) is 23.3 Å². The highest BCUT2D eigenvalue weighted by Gasteiger charge is 2.26. The van der Waals surface area contributed by atoms with E-state index >= 15 is 0 Å².